The van der Waals surface area contributed by atoms with Gasteiger partial charge >= 0.3 is 7.12 Å². The van der Waals surface area contributed by atoms with Gasteiger partial charge in [-0.2, -0.15) is 0 Å². The molecule has 4 rings (SSSR count). The first-order valence-electron chi connectivity index (χ1n) is 8.94. The summed E-state index contributed by atoms with van der Waals surface area (Å²) in [5.74, 6) is 1.11. The summed E-state index contributed by atoms with van der Waals surface area (Å²) < 4.78 is 30.7. The molecule has 134 valence electrons. The van der Waals surface area contributed by atoms with E-state index >= 15 is 0 Å². The molecule has 25 heavy (non-hydrogen) atoms. The highest BCUT2D eigenvalue weighted by molar-refractivity contribution is 6.62. The summed E-state index contributed by atoms with van der Waals surface area (Å²) in [4.78, 5) is 2.21. The lowest BCUT2D eigenvalue weighted by atomic mass is 9.79. The highest BCUT2D eigenvalue weighted by Crippen LogP contribution is 2.36. The lowest BCUT2D eigenvalue weighted by Gasteiger charge is -2.36. The summed E-state index contributed by atoms with van der Waals surface area (Å²) >= 11 is 0. The second kappa shape index (κ2) is 5.83. The van der Waals surface area contributed by atoms with Gasteiger partial charge in [-0.05, 0) is 45.3 Å². The van der Waals surface area contributed by atoms with Gasteiger partial charge in [0.15, 0.2) is 0 Å². The van der Waals surface area contributed by atoms with E-state index in [0.29, 0.717) is 0 Å². The van der Waals surface area contributed by atoms with Gasteiger partial charge in [0, 0.05) is 24.4 Å². The van der Waals surface area contributed by atoms with Gasteiger partial charge in [-0.15, -0.1) is 0 Å². The molecule has 6 heteroatoms. The minimum absolute atomic E-state index is 0.194. The van der Waals surface area contributed by atoms with Crippen molar-refractivity contribution in [3.8, 4) is 0 Å². The van der Waals surface area contributed by atoms with Crippen molar-refractivity contribution in [1.82, 2.24) is 4.90 Å². The van der Waals surface area contributed by atoms with Gasteiger partial charge < -0.3 is 13.7 Å². The number of alkyl halides is 1. The van der Waals surface area contributed by atoms with E-state index in [4.69, 9.17) is 13.7 Å². The molecule has 0 unspecified atom stereocenters. The predicted octanol–water partition coefficient (Wildman–Crippen LogP) is 3.13. The van der Waals surface area contributed by atoms with Crippen LogP contribution in [0.1, 0.15) is 33.5 Å². The van der Waals surface area contributed by atoms with Crippen molar-refractivity contribution in [3.05, 3.63) is 30.0 Å². The van der Waals surface area contributed by atoms with Crippen LogP contribution in [0.4, 0.5) is 4.39 Å². The lowest BCUT2D eigenvalue weighted by Crippen LogP contribution is -2.46. The van der Waals surface area contributed by atoms with E-state index in [-0.39, 0.29) is 30.9 Å². The predicted molar refractivity (Wildman–Crippen MR) is 96.7 cm³/mol. The molecule has 4 nitrogen and oxygen atoms in total. The normalized spacial score (nSPS) is 23.3. The zero-order valence-electron chi connectivity index (χ0n) is 15.3. The summed E-state index contributed by atoms with van der Waals surface area (Å²) in [7, 11) is -0.367. The summed E-state index contributed by atoms with van der Waals surface area (Å²) in [6, 6.07) is 8.11. The van der Waals surface area contributed by atoms with Crippen LogP contribution in [0.3, 0.4) is 0 Å². The Morgan fingerprint density at radius 2 is 1.80 bits per heavy atom. The van der Waals surface area contributed by atoms with Crippen molar-refractivity contribution >= 4 is 23.6 Å². The van der Waals surface area contributed by atoms with Crippen LogP contribution in [0.5, 0.6) is 0 Å². The first kappa shape index (κ1) is 17.1. The molecule has 2 aromatic rings. The Labute approximate surface area is 148 Å². The second-order valence-corrected chi connectivity index (χ2v) is 8.31. The van der Waals surface area contributed by atoms with Crippen molar-refractivity contribution in [2.75, 3.05) is 19.8 Å². The summed E-state index contributed by atoms with van der Waals surface area (Å²) in [6.45, 7) is 10.3. The molecule has 0 saturated carbocycles. The molecule has 0 N–H and O–H groups in total. The third-order valence-corrected chi connectivity index (χ3v) is 5.75. The molecule has 0 amide bonds. The highest BCUT2D eigenvalue weighted by atomic mass is 19.1. The Balaban J connectivity index is 1.51. The largest absolute Gasteiger partial charge is 0.494 e. The Kier molecular flexibility index (Phi) is 3.98. The molecule has 1 aromatic carbocycles. The molecule has 2 fully saturated rings. The number of furan rings is 1. The Bertz CT molecular complexity index is 766. The fourth-order valence-electron chi connectivity index (χ4n) is 3.44. The van der Waals surface area contributed by atoms with Crippen LogP contribution in [0.2, 0.25) is 0 Å². The Hall–Kier alpha value is -1.37. The molecule has 0 atom stereocenters. The maximum atomic E-state index is 12.5. The lowest BCUT2D eigenvalue weighted by molar-refractivity contribution is 0.00578. The van der Waals surface area contributed by atoms with Crippen LogP contribution in [0, 0.1) is 5.92 Å². The van der Waals surface area contributed by atoms with E-state index in [2.05, 4.69) is 44.7 Å². The first-order valence-corrected chi connectivity index (χ1v) is 8.94. The highest BCUT2D eigenvalue weighted by Gasteiger charge is 2.51. The van der Waals surface area contributed by atoms with E-state index in [1.807, 2.05) is 12.1 Å². The van der Waals surface area contributed by atoms with Crippen molar-refractivity contribution in [1.29, 1.82) is 0 Å². The standard InChI is InChI=1S/C19H25BFNO3/c1-18(2)19(3,4)25-20(24-18)15-5-6-17-14(7-15)8-16(23-17)12-22-10-13(9-21)11-22/h5-8,13H,9-12H2,1-4H3. The molecule has 2 saturated heterocycles. The smallest absolute Gasteiger partial charge is 0.460 e. The maximum Gasteiger partial charge on any atom is 0.494 e. The average Bonchev–Trinajstić information content (AvgIpc) is 2.99. The number of rotatable bonds is 4. The van der Waals surface area contributed by atoms with E-state index < -0.39 is 0 Å². The van der Waals surface area contributed by atoms with Crippen molar-refractivity contribution in [2.45, 2.75) is 45.4 Å². The Morgan fingerprint density at radius 3 is 2.44 bits per heavy atom. The van der Waals surface area contributed by atoms with Gasteiger partial charge in [0.05, 0.1) is 24.4 Å². The number of likely N-dealkylation sites (tertiary alicyclic amines) is 1. The van der Waals surface area contributed by atoms with Crippen LogP contribution in [-0.2, 0) is 15.9 Å². The fraction of sp³-hybridized carbons (Fsp3) is 0.579. The number of benzene rings is 1. The van der Waals surface area contributed by atoms with Crippen LogP contribution in [-0.4, -0.2) is 43.0 Å². The van der Waals surface area contributed by atoms with Crippen LogP contribution in [0.15, 0.2) is 28.7 Å². The minimum Gasteiger partial charge on any atom is -0.460 e. The third-order valence-electron chi connectivity index (χ3n) is 5.75. The monoisotopic (exact) mass is 345 g/mol. The molecule has 0 aliphatic carbocycles. The topological polar surface area (TPSA) is 34.8 Å². The van der Waals surface area contributed by atoms with E-state index in [1.54, 1.807) is 0 Å². The minimum atomic E-state index is -0.367. The molecule has 2 aliphatic heterocycles. The van der Waals surface area contributed by atoms with Crippen molar-refractivity contribution in [3.63, 3.8) is 0 Å². The molecular weight excluding hydrogens is 320 g/mol. The summed E-state index contributed by atoms with van der Waals surface area (Å²) in [6.07, 6.45) is 0. The van der Waals surface area contributed by atoms with Crippen LogP contribution < -0.4 is 5.46 Å². The van der Waals surface area contributed by atoms with Gasteiger partial charge in [0.1, 0.15) is 11.3 Å². The maximum absolute atomic E-state index is 12.5. The average molecular weight is 345 g/mol. The third kappa shape index (κ3) is 3.00. The molecule has 0 bridgehead atoms. The number of nitrogens with zero attached hydrogens (tertiary/aromatic N) is 1. The number of hydrogen-bond donors (Lipinski definition) is 0. The molecular formula is C19H25BFNO3. The molecule has 0 radical (unpaired) electrons. The van der Waals surface area contributed by atoms with E-state index in [9.17, 15) is 4.39 Å². The van der Waals surface area contributed by atoms with Crippen molar-refractivity contribution in [2.24, 2.45) is 5.92 Å². The van der Waals surface area contributed by atoms with Gasteiger partial charge in [0.25, 0.3) is 0 Å². The number of hydrogen-bond acceptors (Lipinski definition) is 4. The fourth-order valence-corrected chi connectivity index (χ4v) is 3.44. The quantitative estimate of drug-likeness (QED) is 0.798. The Morgan fingerprint density at radius 1 is 1.12 bits per heavy atom. The zero-order valence-corrected chi connectivity index (χ0v) is 15.3. The number of halogens is 1. The van der Waals surface area contributed by atoms with Crippen LogP contribution in [0.25, 0.3) is 11.0 Å². The SMILES string of the molecule is CC1(C)OB(c2ccc3oc(CN4CC(CF)C4)cc3c2)OC1(C)C. The first-order chi connectivity index (χ1) is 11.8. The zero-order chi connectivity index (χ0) is 17.8. The summed E-state index contributed by atoms with van der Waals surface area (Å²) in [5.41, 5.74) is 1.16. The molecule has 1 aromatic heterocycles. The van der Waals surface area contributed by atoms with E-state index in [0.717, 1.165) is 41.8 Å². The molecule has 0 spiro atoms. The van der Waals surface area contributed by atoms with Gasteiger partial charge in [-0.1, -0.05) is 12.1 Å². The molecule has 3 heterocycles. The van der Waals surface area contributed by atoms with Gasteiger partial charge in [-0.25, -0.2) is 0 Å². The second-order valence-electron chi connectivity index (χ2n) is 8.31. The molecule has 2 aliphatic rings. The summed E-state index contributed by atoms with van der Waals surface area (Å²) in [5, 5.41) is 1.05. The number of fused-ring (bicyclic) bond motifs is 1. The van der Waals surface area contributed by atoms with Crippen LogP contribution >= 0.6 is 0 Å². The van der Waals surface area contributed by atoms with E-state index in [1.165, 1.54) is 0 Å². The van der Waals surface area contributed by atoms with Crippen molar-refractivity contribution < 1.29 is 18.1 Å². The van der Waals surface area contributed by atoms with Gasteiger partial charge in [-0.3, -0.25) is 9.29 Å². The van der Waals surface area contributed by atoms with Gasteiger partial charge in [0.2, 0.25) is 0 Å².